The number of halogens is 1. The second-order valence-electron chi connectivity index (χ2n) is 2.99. The first-order chi connectivity index (χ1) is 8.08. The van der Waals surface area contributed by atoms with E-state index in [1.807, 2.05) is 0 Å². The lowest BCUT2D eigenvalue weighted by atomic mass is 10.5. The van der Waals surface area contributed by atoms with Gasteiger partial charge in [0, 0.05) is 6.20 Å². The number of aromatic nitrogens is 3. The van der Waals surface area contributed by atoms with E-state index in [2.05, 4.69) is 24.4 Å². The summed E-state index contributed by atoms with van der Waals surface area (Å²) in [7, 11) is -3.65. The Kier molecular flexibility index (Phi) is 3.36. The van der Waals surface area contributed by atoms with E-state index < -0.39 is 10.0 Å². The molecule has 0 radical (unpaired) electrons. The van der Waals surface area contributed by atoms with Crippen LogP contribution in [-0.2, 0) is 16.6 Å². The predicted molar refractivity (Wildman–Crippen MR) is 57.6 cm³/mol. The average molecular weight is 275 g/mol. The van der Waals surface area contributed by atoms with Gasteiger partial charge in [-0.15, -0.1) is 0 Å². The highest BCUT2D eigenvalue weighted by atomic mass is 35.5. The van der Waals surface area contributed by atoms with Crippen LogP contribution in [0.3, 0.4) is 0 Å². The predicted octanol–water partition coefficient (Wildman–Crippen LogP) is 0.596. The van der Waals surface area contributed by atoms with Crippen molar-refractivity contribution in [3.05, 3.63) is 35.7 Å². The molecule has 0 aliphatic heterocycles. The molecule has 2 rings (SSSR count). The van der Waals surface area contributed by atoms with E-state index >= 15 is 0 Å². The fraction of sp³-hybridized carbons (Fsp3) is 0.125. The lowest BCUT2D eigenvalue weighted by Gasteiger charge is -2.04. The van der Waals surface area contributed by atoms with Gasteiger partial charge in [-0.25, -0.2) is 18.1 Å². The zero-order valence-corrected chi connectivity index (χ0v) is 9.94. The molecule has 2 heterocycles. The van der Waals surface area contributed by atoms with E-state index in [-0.39, 0.29) is 22.4 Å². The summed E-state index contributed by atoms with van der Waals surface area (Å²) in [5, 5.41) is 3.58. The smallest absolute Gasteiger partial charge is 0.241 e. The second kappa shape index (κ2) is 4.78. The van der Waals surface area contributed by atoms with Gasteiger partial charge in [0.25, 0.3) is 0 Å². The third kappa shape index (κ3) is 2.99. The summed E-state index contributed by atoms with van der Waals surface area (Å²) in [6.45, 7) is -0.0568. The molecule has 0 aliphatic rings. The van der Waals surface area contributed by atoms with Gasteiger partial charge in [0.05, 0.1) is 11.4 Å². The van der Waals surface area contributed by atoms with E-state index in [1.54, 1.807) is 0 Å². The fourth-order valence-electron chi connectivity index (χ4n) is 1.07. The maximum Gasteiger partial charge on any atom is 0.241 e. The van der Waals surface area contributed by atoms with Gasteiger partial charge in [0.1, 0.15) is 5.15 Å². The largest absolute Gasteiger partial charge is 0.343 e. The molecule has 0 amide bonds. The van der Waals surface area contributed by atoms with Crippen molar-refractivity contribution in [3.63, 3.8) is 0 Å². The number of nitrogens with zero attached hydrogens (tertiary/aromatic N) is 3. The van der Waals surface area contributed by atoms with E-state index in [9.17, 15) is 8.42 Å². The topological polar surface area (TPSA) is 98.0 Å². The molecule has 2 aromatic rings. The highest BCUT2D eigenvalue weighted by Gasteiger charge is 2.15. The molecule has 90 valence electrons. The zero-order valence-electron chi connectivity index (χ0n) is 8.37. The first-order valence-electron chi connectivity index (χ1n) is 4.44. The Bertz CT molecular complexity index is 599. The molecule has 0 saturated heterocycles. The molecule has 0 saturated carbocycles. The van der Waals surface area contributed by atoms with Gasteiger partial charge in [-0.05, 0) is 12.1 Å². The summed E-state index contributed by atoms with van der Waals surface area (Å²) in [6.07, 6.45) is 2.43. The van der Waals surface area contributed by atoms with Crippen LogP contribution >= 0.6 is 11.6 Å². The van der Waals surface area contributed by atoms with Crippen LogP contribution in [0.15, 0.2) is 34.1 Å². The minimum atomic E-state index is -3.65. The number of hydrogen-bond acceptors (Lipinski definition) is 6. The molecule has 9 heteroatoms. The number of sulfonamides is 1. The van der Waals surface area contributed by atoms with Gasteiger partial charge in [-0.2, -0.15) is 4.98 Å². The third-order valence-corrected chi connectivity index (χ3v) is 3.44. The van der Waals surface area contributed by atoms with Crippen LogP contribution in [0.5, 0.6) is 0 Å². The molecule has 0 aromatic carbocycles. The number of rotatable bonds is 4. The minimum Gasteiger partial charge on any atom is -0.343 e. The minimum absolute atomic E-state index is 0.0287. The zero-order chi connectivity index (χ0) is 12.3. The summed E-state index contributed by atoms with van der Waals surface area (Å²) in [5.74, 6) is 0.244. The Labute approximate surface area is 102 Å². The summed E-state index contributed by atoms with van der Waals surface area (Å²) in [5.41, 5.74) is 0. The van der Waals surface area contributed by atoms with Crippen molar-refractivity contribution < 1.29 is 12.9 Å². The van der Waals surface area contributed by atoms with E-state index in [0.29, 0.717) is 0 Å². The fourth-order valence-corrected chi connectivity index (χ4v) is 2.30. The van der Waals surface area contributed by atoms with Gasteiger partial charge < -0.3 is 4.52 Å². The molecule has 0 fully saturated rings. The van der Waals surface area contributed by atoms with Crippen molar-refractivity contribution in [2.75, 3.05) is 0 Å². The maximum absolute atomic E-state index is 11.8. The summed E-state index contributed by atoms with van der Waals surface area (Å²) >= 11 is 5.61. The van der Waals surface area contributed by atoms with Crippen molar-refractivity contribution in [1.82, 2.24) is 19.8 Å². The lowest BCUT2D eigenvalue weighted by Crippen LogP contribution is -2.23. The summed E-state index contributed by atoms with van der Waals surface area (Å²) < 4.78 is 30.4. The van der Waals surface area contributed by atoms with Crippen LogP contribution < -0.4 is 4.72 Å². The van der Waals surface area contributed by atoms with Crippen LogP contribution in [0, 0.1) is 0 Å². The quantitative estimate of drug-likeness (QED) is 0.820. The molecule has 0 bridgehead atoms. The maximum atomic E-state index is 11.8. The van der Waals surface area contributed by atoms with Crippen molar-refractivity contribution >= 4 is 21.6 Å². The highest BCUT2D eigenvalue weighted by molar-refractivity contribution is 7.89. The Balaban J connectivity index is 2.14. The van der Waals surface area contributed by atoms with Crippen LogP contribution in [0.4, 0.5) is 0 Å². The van der Waals surface area contributed by atoms with E-state index in [1.165, 1.54) is 18.3 Å². The van der Waals surface area contributed by atoms with Crippen LogP contribution in [0.25, 0.3) is 0 Å². The van der Waals surface area contributed by atoms with Gasteiger partial charge in [0.15, 0.2) is 5.82 Å². The molecule has 0 unspecified atom stereocenters. The summed E-state index contributed by atoms with van der Waals surface area (Å²) in [4.78, 5) is 7.41. The van der Waals surface area contributed by atoms with E-state index in [0.717, 1.165) is 6.39 Å². The molecule has 2 aromatic heterocycles. The van der Waals surface area contributed by atoms with Crippen LogP contribution in [-0.4, -0.2) is 23.5 Å². The SMILES string of the molecule is O=S(=O)(NCc1ncon1)c1ccnc(Cl)c1. The number of hydrogen-bond donors (Lipinski definition) is 1. The molecule has 7 nitrogen and oxygen atoms in total. The molecule has 1 N–H and O–H groups in total. The Morgan fingerprint density at radius 1 is 1.41 bits per heavy atom. The number of pyridine rings is 1. The van der Waals surface area contributed by atoms with Crippen molar-refractivity contribution in [3.8, 4) is 0 Å². The first kappa shape index (κ1) is 12.0. The average Bonchev–Trinajstić information content (AvgIpc) is 2.79. The molecular formula is C8H7ClN4O3S. The standard InChI is InChI=1S/C8H7ClN4O3S/c9-7-3-6(1-2-10-7)17(14,15)12-4-8-11-5-16-13-8/h1-3,5,12H,4H2. The van der Waals surface area contributed by atoms with Gasteiger partial charge in [-0.1, -0.05) is 16.8 Å². The van der Waals surface area contributed by atoms with Gasteiger partial charge in [-0.3, -0.25) is 0 Å². The first-order valence-corrected chi connectivity index (χ1v) is 6.30. The van der Waals surface area contributed by atoms with Crippen LogP contribution in [0.2, 0.25) is 5.15 Å². The van der Waals surface area contributed by atoms with Crippen molar-refractivity contribution in [1.29, 1.82) is 0 Å². The van der Waals surface area contributed by atoms with E-state index in [4.69, 9.17) is 11.6 Å². The lowest BCUT2D eigenvalue weighted by molar-refractivity contribution is 0.409. The Morgan fingerprint density at radius 3 is 2.88 bits per heavy atom. The van der Waals surface area contributed by atoms with Gasteiger partial charge in [0.2, 0.25) is 16.4 Å². The normalized spacial score (nSPS) is 11.6. The molecule has 0 spiro atoms. The van der Waals surface area contributed by atoms with Gasteiger partial charge >= 0.3 is 0 Å². The Morgan fingerprint density at radius 2 is 2.24 bits per heavy atom. The number of nitrogens with one attached hydrogen (secondary N) is 1. The molecule has 0 aliphatic carbocycles. The second-order valence-corrected chi connectivity index (χ2v) is 5.14. The summed E-state index contributed by atoms with van der Waals surface area (Å²) in [6, 6.07) is 2.59. The monoisotopic (exact) mass is 274 g/mol. The van der Waals surface area contributed by atoms with Crippen molar-refractivity contribution in [2.24, 2.45) is 0 Å². The molecule has 17 heavy (non-hydrogen) atoms. The molecular weight excluding hydrogens is 268 g/mol. The third-order valence-electron chi connectivity index (χ3n) is 1.84. The highest BCUT2D eigenvalue weighted by Crippen LogP contribution is 2.12. The van der Waals surface area contributed by atoms with Crippen molar-refractivity contribution in [2.45, 2.75) is 11.4 Å². The molecule has 0 atom stereocenters. The van der Waals surface area contributed by atoms with Crippen LogP contribution in [0.1, 0.15) is 5.82 Å². The Hall–Kier alpha value is -1.51.